The van der Waals surface area contributed by atoms with E-state index in [1.807, 2.05) is 11.2 Å². The quantitative estimate of drug-likeness (QED) is 0.782. The average molecular weight is 229 g/mol. The molecule has 0 unspecified atom stereocenters. The molecule has 2 heterocycles. The molecule has 1 fully saturated rings. The summed E-state index contributed by atoms with van der Waals surface area (Å²) in [5, 5.41) is 1.89. The van der Waals surface area contributed by atoms with Crippen molar-refractivity contribution in [3.63, 3.8) is 0 Å². The van der Waals surface area contributed by atoms with Gasteiger partial charge in [-0.25, -0.2) is 5.84 Å². The molecule has 0 aliphatic carbocycles. The molecule has 0 radical (unpaired) electrons. The van der Waals surface area contributed by atoms with Gasteiger partial charge in [-0.1, -0.05) is 36.4 Å². The fraction of sp³-hybridized carbons (Fsp3) is 0.429. The van der Waals surface area contributed by atoms with Gasteiger partial charge in [0.15, 0.2) is 0 Å². The van der Waals surface area contributed by atoms with Gasteiger partial charge in [0.05, 0.1) is 6.04 Å². The van der Waals surface area contributed by atoms with Gasteiger partial charge in [-0.15, -0.1) is 0 Å². The highest BCUT2D eigenvalue weighted by atomic mass is 15.4. The Balaban J connectivity index is 1.65. The lowest BCUT2D eigenvalue weighted by Gasteiger charge is -2.29. The van der Waals surface area contributed by atoms with Crippen molar-refractivity contribution in [2.24, 2.45) is 11.8 Å². The Kier molecular flexibility index (Phi) is 2.87. The molecule has 0 bridgehead atoms. The molecule has 0 amide bonds. The van der Waals surface area contributed by atoms with Crippen molar-refractivity contribution in [2.45, 2.75) is 19.0 Å². The van der Waals surface area contributed by atoms with E-state index >= 15 is 0 Å². The number of hydrogen-bond donors (Lipinski definition) is 1. The maximum atomic E-state index is 6.00. The van der Waals surface area contributed by atoms with Crippen LogP contribution in [-0.2, 0) is 6.54 Å². The summed E-state index contributed by atoms with van der Waals surface area (Å²) in [6.45, 7) is 3.29. The van der Waals surface area contributed by atoms with Crippen molar-refractivity contribution in [1.29, 1.82) is 0 Å². The van der Waals surface area contributed by atoms with Gasteiger partial charge >= 0.3 is 0 Å². The molecule has 0 saturated carbocycles. The third-order valence-electron chi connectivity index (χ3n) is 3.83. The van der Waals surface area contributed by atoms with Gasteiger partial charge in [0.25, 0.3) is 0 Å². The smallest absolute Gasteiger partial charge is 0.0615 e. The van der Waals surface area contributed by atoms with E-state index < -0.39 is 0 Å². The van der Waals surface area contributed by atoms with Crippen molar-refractivity contribution >= 4 is 0 Å². The normalized spacial score (nSPS) is 28.4. The Morgan fingerprint density at radius 3 is 2.76 bits per heavy atom. The molecule has 90 valence electrons. The Bertz CT molecular complexity index is 401. The second kappa shape index (κ2) is 4.51. The Morgan fingerprint density at radius 2 is 2.00 bits per heavy atom. The lowest BCUT2D eigenvalue weighted by molar-refractivity contribution is 0.224. The number of allylic oxidation sites excluding steroid dienone is 1. The summed E-state index contributed by atoms with van der Waals surface area (Å²) < 4.78 is 0. The monoisotopic (exact) mass is 229 g/mol. The minimum atomic E-state index is 0.503. The maximum absolute atomic E-state index is 6.00. The number of nitrogens with zero attached hydrogens (tertiary/aromatic N) is 2. The predicted molar refractivity (Wildman–Crippen MR) is 68.8 cm³/mol. The van der Waals surface area contributed by atoms with Crippen LogP contribution in [0, 0.1) is 5.92 Å². The molecule has 1 aromatic carbocycles. The summed E-state index contributed by atoms with van der Waals surface area (Å²) in [7, 11) is 0. The van der Waals surface area contributed by atoms with E-state index in [0.717, 1.165) is 19.6 Å². The molecule has 1 saturated heterocycles. The molecule has 2 aliphatic heterocycles. The molecular weight excluding hydrogens is 210 g/mol. The van der Waals surface area contributed by atoms with E-state index in [0.29, 0.717) is 12.0 Å². The molecule has 0 spiro atoms. The molecular formula is C14H19N3. The first kappa shape index (κ1) is 10.8. The Hall–Kier alpha value is -1.32. The number of hydrazine groups is 1. The van der Waals surface area contributed by atoms with Crippen LogP contribution in [0.3, 0.4) is 0 Å². The van der Waals surface area contributed by atoms with Crippen molar-refractivity contribution in [2.75, 3.05) is 13.1 Å². The van der Waals surface area contributed by atoms with Crippen LogP contribution in [0.2, 0.25) is 0 Å². The fourth-order valence-corrected chi connectivity index (χ4v) is 2.95. The second-order valence-electron chi connectivity index (χ2n) is 5.07. The fourth-order valence-electron chi connectivity index (χ4n) is 2.95. The summed E-state index contributed by atoms with van der Waals surface area (Å²) in [5.41, 5.74) is 1.39. The van der Waals surface area contributed by atoms with E-state index in [1.54, 1.807) is 0 Å². The highest BCUT2D eigenvalue weighted by Crippen LogP contribution is 2.28. The first-order valence-corrected chi connectivity index (χ1v) is 6.29. The third-order valence-corrected chi connectivity index (χ3v) is 3.83. The number of likely N-dealkylation sites (tertiary alicyclic amines) is 1. The maximum Gasteiger partial charge on any atom is 0.0615 e. The molecule has 3 rings (SSSR count). The topological polar surface area (TPSA) is 32.5 Å². The van der Waals surface area contributed by atoms with Gasteiger partial charge < -0.3 is 5.01 Å². The van der Waals surface area contributed by atoms with Gasteiger partial charge in [-0.2, -0.15) is 0 Å². The van der Waals surface area contributed by atoms with E-state index in [4.69, 9.17) is 5.84 Å². The lowest BCUT2D eigenvalue weighted by Crippen LogP contribution is -2.43. The average Bonchev–Trinajstić information content (AvgIpc) is 2.74. The van der Waals surface area contributed by atoms with E-state index in [1.165, 1.54) is 12.0 Å². The van der Waals surface area contributed by atoms with Crippen LogP contribution in [-0.4, -0.2) is 29.0 Å². The number of nitrogens with two attached hydrogens (primary N) is 1. The van der Waals surface area contributed by atoms with Crippen LogP contribution in [0.5, 0.6) is 0 Å². The van der Waals surface area contributed by atoms with Gasteiger partial charge in [-0.05, 0) is 17.9 Å². The highest BCUT2D eigenvalue weighted by Gasteiger charge is 2.35. The van der Waals surface area contributed by atoms with Gasteiger partial charge in [0.1, 0.15) is 0 Å². The van der Waals surface area contributed by atoms with Crippen LogP contribution in [0.15, 0.2) is 42.6 Å². The van der Waals surface area contributed by atoms with Crippen LogP contribution < -0.4 is 5.84 Å². The van der Waals surface area contributed by atoms with Crippen molar-refractivity contribution in [3.8, 4) is 0 Å². The zero-order valence-electron chi connectivity index (χ0n) is 10.00. The lowest BCUT2D eigenvalue weighted by atomic mass is 9.97. The highest BCUT2D eigenvalue weighted by molar-refractivity contribution is 5.15. The van der Waals surface area contributed by atoms with Gasteiger partial charge in [-0.3, -0.25) is 4.90 Å². The summed E-state index contributed by atoms with van der Waals surface area (Å²) in [6.07, 6.45) is 5.38. The van der Waals surface area contributed by atoms with Gasteiger partial charge in [0, 0.05) is 25.8 Å². The van der Waals surface area contributed by atoms with E-state index in [2.05, 4.69) is 41.3 Å². The van der Waals surface area contributed by atoms with Crippen molar-refractivity contribution < 1.29 is 0 Å². The van der Waals surface area contributed by atoms with Crippen LogP contribution in [0.25, 0.3) is 0 Å². The number of fused-ring (bicyclic) bond motifs is 1. The van der Waals surface area contributed by atoms with Crippen LogP contribution in [0.4, 0.5) is 0 Å². The van der Waals surface area contributed by atoms with Crippen LogP contribution >= 0.6 is 0 Å². The standard InChI is InChI=1S/C14H19N3/c15-17-8-4-7-13-10-16(11-14(13)17)9-12-5-2-1-3-6-12/h1-6,8,13-14H,7,9-11,15H2/t13-,14+/m0/s1. The minimum absolute atomic E-state index is 0.503. The molecule has 3 heteroatoms. The summed E-state index contributed by atoms with van der Waals surface area (Å²) in [4.78, 5) is 2.51. The second-order valence-corrected chi connectivity index (χ2v) is 5.07. The molecule has 1 aromatic rings. The first-order valence-electron chi connectivity index (χ1n) is 6.29. The molecule has 2 N–H and O–H groups in total. The van der Waals surface area contributed by atoms with Gasteiger partial charge in [0.2, 0.25) is 0 Å². The minimum Gasteiger partial charge on any atom is -0.314 e. The Morgan fingerprint density at radius 1 is 1.18 bits per heavy atom. The predicted octanol–water partition coefficient (Wildman–Crippen LogP) is 1.58. The summed E-state index contributed by atoms with van der Waals surface area (Å²) >= 11 is 0. The Labute approximate surface area is 102 Å². The zero-order chi connectivity index (χ0) is 11.7. The third kappa shape index (κ3) is 2.21. The largest absolute Gasteiger partial charge is 0.314 e. The summed E-state index contributed by atoms with van der Waals surface area (Å²) in [5.74, 6) is 6.70. The zero-order valence-corrected chi connectivity index (χ0v) is 10.00. The molecule has 2 aliphatic rings. The van der Waals surface area contributed by atoms with Crippen LogP contribution in [0.1, 0.15) is 12.0 Å². The molecule has 0 aromatic heterocycles. The van der Waals surface area contributed by atoms with E-state index in [-0.39, 0.29) is 0 Å². The molecule has 3 nitrogen and oxygen atoms in total. The van der Waals surface area contributed by atoms with E-state index in [9.17, 15) is 0 Å². The number of rotatable bonds is 2. The van der Waals surface area contributed by atoms with Crippen molar-refractivity contribution in [1.82, 2.24) is 9.91 Å². The molecule has 17 heavy (non-hydrogen) atoms. The summed E-state index contributed by atoms with van der Waals surface area (Å²) in [6, 6.07) is 11.2. The first-order chi connectivity index (χ1) is 8.33. The SMILES string of the molecule is NN1C=CC[C@H]2CN(Cc3ccccc3)C[C@H]21. The molecule has 2 atom stereocenters. The number of benzene rings is 1. The number of hydrogen-bond acceptors (Lipinski definition) is 3. The van der Waals surface area contributed by atoms with Crippen molar-refractivity contribution in [3.05, 3.63) is 48.2 Å².